The molecule has 0 saturated carbocycles. The number of benzene rings is 4. The van der Waals surface area contributed by atoms with Crippen molar-refractivity contribution in [2.24, 2.45) is 0 Å². The van der Waals surface area contributed by atoms with Gasteiger partial charge in [-0.25, -0.2) is 14.8 Å². The van der Waals surface area contributed by atoms with Gasteiger partial charge in [-0.2, -0.15) is 0 Å². The molecule has 0 aliphatic rings. The smallest absolute Gasteiger partial charge is 0.428 e. The van der Waals surface area contributed by atoms with Crippen LogP contribution in [-0.2, 0) is 17.7 Å². The number of nitrogens with one attached hydrogen (secondary N) is 1. The number of imidazole rings is 2. The van der Waals surface area contributed by atoms with Gasteiger partial charge in [-0.15, -0.1) is 0 Å². The van der Waals surface area contributed by atoms with E-state index in [1.165, 1.54) is 0 Å². The van der Waals surface area contributed by atoms with Crippen LogP contribution in [0.1, 0.15) is 51.9 Å². The second-order valence-corrected chi connectivity index (χ2v) is 11.8. The van der Waals surface area contributed by atoms with Crippen LogP contribution in [0.2, 0.25) is 0 Å². The maximum absolute atomic E-state index is 12.4. The molecular weight excluding hydrogens is 536 g/mol. The maximum Gasteiger partial charge on any atom is 0.514 e. The Labute approximate surface area is 251 Å². The summed E-state index contributed by atoms with van der Waals surface area (Å²) in [6.07, 6.45) is 2.38. The van der Waals surface area contributed by atoms with Crippen molar-refractivity contribution in [3.05, 3.63) is 102 Å². The van der Waals surface area contributed by atoms with Crippen molar-refractivity contribution in [1.29, 1.82) is 0 Å². The molecule has 0 bridgehead atoms. The number of aryl methyl sites for hydroxylation is 1. The first-order chi connectivity index (χ1) is 20.8. The number of hydrogen-bond donors (Lipinski definition) is 1. The Morgan fingerprint density at radius 2 is 1.60 bits per heavy atom. The van der Waals surface area contributed by atoms with E-state index in [1.807, 2.05) is 63.2 Å². The Hall–Kier alpha value is -4.91. The molecular formula is C36H36N4O3. The van der Waals surface area contributed by atoms with Crippen molar-refractivity contribution in [2.75, 3.05) is 0 Å². The van der Waals surface area contributed by atoms with Crippen LogP contribution >= 0.6 is 0 Å². The molecule has 0 aliphatic heterocycles. The summed E-state index contributed by atoms with van der Waals surface area (Å²) in [5.74, 6) is 2.39. The fraction of sp³-hybridized carbons (Fsp3) is 0.250. The highest BCUT2D eigenvalue weighted by Gasteiger charge is 2.20. The zero-order valence-corrected chi connectivity index (χ0v) is 25.1. The lowest BCUT2D eigenvalue weighted by Crippen LogP contribution is -2.26. The van der Waals surface area contributed by atoms with Gasteiger partial charge in [-0.1, -0.05) is 67.9 Å². The predicted octanol–water partition coefficient (Wildman–Crippen LogP) is 8.95. The quantitative estimate of drug-likeness (QED) is 0.145. The summed E-state index contributed by atoms with van der Waals surface area (Å²) in [4.78, 5) is 25.7. The third-order valence-electron chi connectivity index (χ3n) is 7.32. The summed E-state index contributed by atoms with van der Waals surface area (Å²) >= 11 is 0. The van der Waals surface area contributed by atoms with Crippen molar-refractivity contribution >= 4 is 28.2 Å². The number of carbonyl (C=O) groups is 1. The number of para-hydroxylation sites is 3. The van der Waals surface area contributed by atoms with E-state index in [-0.39, 0.29) is 0 Å². The molecule has 218 valence electrons. The summed E-state index contributed by atoms with van der Waals surface area (Å²) in [6.45, 7) is 8.34. The first-order valence-electron chi connectivity index (χ1n) is 14.8. The molecule has 1 N–H and O–H groups in total. The van der Waals surface area contributed by atoms with E-state index in [4.69, 9.17) is 19.4 Å². The number of unbranched alkanes of at least 4 members (excludes halogenated alkanes) is 1. The highest BCUT2D eigenvalue weighted by atomic mass is 16.7. The van der Waals surface area contributed by atoms with Crippen LogP contribution in [0.3, 0.4) is 0 Å². The first kappa shape index (κ1) is 28.2. The topological polar surface area (TPSA) is 82.0 Å². The molecule has 0 atom stereocenters. The molecule has 0 radical (unpaired) electrons. The fourth-order valence-electron chi connectivity index (χ4n) is 5.24. The van der Waals surface area contributed by atoms with Gasteiger partial charge in [-0.05, 0) is 74.7 Å². The molecule has 0 saturated heterocycles. The zero-order valence-electron chi connectivity index (χ0n) is 25.1. The average Bonchev–Trinajstić information content (AvgIpc) is 3.57. The normalized spacial score (nSPS) is 11.7. The van der Waals surface area contributed by atoms with Crippen LogP contribution in [0.5, 0.6) is 5.75 Å². The zero-order chi connectivity index (χ0) is 30.0. The lowest BCUT2D eigenvalue weighted by atomic mass is 10.0. The molecule has 0 spiro atoms. The Kier molecular flexibility index (Phi) is 7.72. The third kappa shape index (κ3) is 6.31. The molecule has 0 aliphatic carbocycles. The Bertz CT molecular complexity index is 1860. The van der Waals surface area contributed by atoms with Crippen LogP contribution in [0.4, 0.5) is 4.79 Å². The minimum Gasteiger partial charge on any atom is -0.428 e. The Morgan fingerprint density at radius 3 is 2.37 bits per heavy atom. The van der Waals surface area contributed by atoms with E-state index in [0.29, 0.717) is 12.3 Å². The molecule has 2 aromatic heterocycles. The van der Waals surface area contributed by atoms with Crippen molar-refractivity contribution in [1.82, 2.24) is 19.5 Å². The number of H-pyrrole nitrogens is 1. The average molecular weight is 573 g/mol. The highest BCUT2D eigenvalue weighted by Crippen LogP contribution is 2.32. The van der Waals surface area contributed by atoms with Crippen molar-refractivity contribution < 1.29 is 14.3 Å². The molecule has 0 fully saturated rings. The number of aromatic amines is 1. The molecule has 7 nitrogen and oxygen atoms in total. The van der Waals surface area contributed by atoms with Gasteiger partial charge in [0, 0.05) is 24.1 Å². The molecule has 6 rings (SSSR count). The number of aromatic nitrogens is 4. The first-order valence-corrected chi connectivity index (χ1v) is 14.8. The van der Waals surface area contributed by atoms with Gasteiger partial charge < -0.3 is 19.0 Å². The lowest BCUT2D eigenvalue weighted by molar-refractivity contribution is 0.0207. The van der Waals surface area contributed by atoms with Gasteiger partial charge in [0.1, 0.15) is 23.0 Å². The van der Waals surface area contributed by atoms with Crippen LogP contribution in [0.15, 0.2) is 91.0 Å². The lowest BCUT2D eigenvalue weighted by Gasteiger charge is -2.19. The maximum atomic E-state index is 12.4. The van der Waals surface area contributed by atoms with Crippen molar-refractivity contribution in [3.63, 3.8) is 0 Å². The van der Waals surface area contributed by atoms with E-state index < -0.39 is 11.8 Å². The Balaban J connectivity index is 1.30. The van der Waals surface area contributed by atoms with Gasteiger partial charge in [0.15, 0.2) is 0 Å². The number of carbonyl (C=O) groups excluding carboxylic acids is 1. The summed E-state index contributed by atoms with van der Waals surface area (Å²) in [5, 5.41) is 0. The fourth-order valence-corrected chi connectivity index (χ4v) is 5.24. The minimum absolute atomic E-state index is 0.463. The van der Waals surface area contributed by atoms with E-state index in [0.717, 1.165) is 75.2 Å². The number of rotatable bonds is 8. The number of fused-ring (bicyclic) bond motifs is 2. The van der Waals surface area contributed by atoms with Gasteiger partial charge in [0.25, 0.3) is 0 Å². The van der Waals surface area contributed by atoms with Gasteiger partial charge >= 0.3 is 6.16 Å². The number of ether oxygens (including phenoxy) is 2. The summed E-state index contributed by atoms with van der Waals surface area (Å²) in [5.41, 5.74) is 7.38. The largest absolute Gasteiger partial charge is 0.514 e. The molecule has 4 aromatic carbocycles. The van der Waals surface area contributed by atoms with Crippen LogP contribution < -0.4 is 4.74 Å². The minimum atomic E-state index is -0.717. The van der Waals surface area contributed by atoms with Gasteiger partial charge in [0.2, 0.25) is 0 Å². The van der Waals surface area contributed by atoms with Crippen molar-refractivity contribution in [2.45, 2.75) is 59.1 Å². The SMILES string of the molecule is CCCCc1nc2ccc(-c3nc4ccccc4[nH]3)cc2n1Cc1ccc(-c2ccccc2OC(=O)OC(C)(C)C)cc1. The van der Waals surface area contributed by atoms with Gasteiger partial charge in [0.05, 0.1) is 22.1 Å². The molecule has 43 heavy (non-hydrogen) atoms. The van der Waals surface area contributed by atoms with Crippen LogP contribution in [0.25, 0.3) is 44.6 Å². The van der Waals surface area contributed by atoms with Crippen molar-refractivity contribution in [3.8, 4) is 28.3 Å². The molecule has 0 unspecified atom stereocenters. The highest BCUT2D eigenvalue weighted by molar-refractivity contribution is 5.84. The van der Waals surface area contributed by atoms with E-state index in [1.54, 1.807) is 6.07 Å². The molecule has 6 aromatic rings. The summed E-state index contributed by atoms with van der Waals surface area (Å²) in [7, 11) is 0. The number of hydrogen-bond acceptors (Lipinski definition) is 5. The van der Waals surface area contributed by atoms with Crippen LogP contribution in [-0.4, -0.2) is 31.3 Å². The molecule has 2 heterocycles. The van der Waals surface area contributed by atoms with E-state index >= 15 is 0 Å². The second-order valence-electron chi connectivity index (χ2n) is 11.8. The Morgan fingerprint density at radius 1 is 0.860 bits per heavy atom. The summed E-state index contributed by atoms with van der Waals surface area (Å²) in [6, 6.07) is 30.3. The van der Waals surface area contributed by atoms with E-state index in [9.17, 15) is 4.79 Å². The second kappa shape index (κ2) is 11.8. The van der Waals surface area contributed by atoms with Gasteiger partial charge in [-0.3, -0.25) is 0 Å². The van der Waals surface area contributed by atoms with E-state index in [2.05, 4.69) is 58.9 Å². The monoisotopic (exact) mass is 572 g/mol. The standard InChI is InChI=1S/C36H36N4O3/c1-5-6-15-33-37-30-21-20-26(34-38-28-12-8-9-13-29(28)39-34)22-31(30)40(33)23-24-16-18-25(19-17-24)27-11-7-10-14-32(27)42-35(41)43-36(2,3)4/h7-14,16-22H,5-6,15,23H2,1-4H3,(H,38,39). The molecule has 7 heteroatoms. The van der Waals surface area contributed by atoms with Crippen LogP contribution in [0, 0.1) is 0 Å². The third-order valence-corrected chi connectivity index (χ3v) is 7.32. The number of nitrogens with zero attached hydrogens (tertiary/aromatic N) is 3. The predicted molar refractivity (Wildman–Crippen MR) is 171 cm³/mol. The molecule has 0 amide bonds. The summed E-state index contributed by atoms with van der Waals surface area (Å²) < 4.78 is 13.3.